The van der Waals surface area contributed by atoms with Crippen molar-refractivity contribution in [2.45, 2.75) is 13.0 Å². The number of piperazine rings is 1. The molecule has 0 aromatic heterocycles. The summed E-state index contributed by atoms with van der Waals surface area (Å²) in [7, 11) is 0. The number of rotatable bonds is 6. The molecule has 0 bridgehead atoms. The fourth-order valence-corrected chi connectivity index (χ4v) is 3.30. The Bertz CT molecular complexity index is 687. The van der Waals surface area contributed by atoms with Gasteiger partial charge >= 0.3 is 0 Å². The zero-order valence-electron chi connectivity index (χ0n) is 14.6. The lowest BCUT2D eigenvalue weighted by Crippen LogP contribution is -2.49. The first kappa shape index (κ1) is 18.1. The quantitative estimate of drug-likeness (QED) is 0.858. The Morgan fingerprint density at radius 2 is 1.84 bits per heavy atom. The number of benzene rings is 2. The van der Waals surface area contributed by atoms with Gasteiger partial charge in [-0.05, 0) is 36.8 Å². The van der Waals surface area contributed by atoms with Crippen LogP contribution in [0, 0.1) is 6.92 Å². The van der Waals surface area contributed by atoms with Gasteiger partial charge in [0.15, 0.2) is 0 Å². The number of β-amino-alcohol motifs (C(OH)–C–C–N with tert-alkyl or cyclic N) is 1. The molecule has 1 aliphatic heterocycles. The lowest BCUT2D eigenvalue weighted by molar-refractivity contribution is 0.0661. The topological polar surface area (TPSA) is 35.9 Å². The molecule has 1 unspecified atom stereocenters. The van der Waals surface area contributed by atoms with E-state index in [9.17, 15) is 5.11 Å². The molecule has 0 aliphatic carbocycles. The van der Waals surface area contributed by atoms with E-state index in [4.69, 9.17) is 16.3 Å². The van der Waals surface area contributed by atoms with Crippen molar-refractivity contribution in [1.29, 1.82) is 0 Å². The number of aliphatic hydroxyl groups excluding tert-OH is 1. The summed E-state index contributed by atoms with van der Waals surface area (Å²) in [5, 5.41) is 11.0. The van der Waals surface area contributed by atoms with Gasteiger partial charge in [0.05, 0.1) is 0 Å². The van der Waals surface area contributed by atoms with Crippen LogP contribution in [0.15, 0.2) is 48.5 Å². The summed E-state index contributed by atoms with van der Waals surface area (Å²) in [4.78, 5) is 4.62. The van der Waals surface area contributed by atoms with Gasteiger partial charge in [-0.15, -0.1) is 0 Å². The Kier molecular flexibility index (Phi) is 6.19. The number of hydrogen-bond donors (Lipinski definition) is 1. The molecule has 3 rings (SSSR count). The van der Waals surface area contributed by atoms with Crippen LogP contribution in [0.4, 0.5) is 5.69 Å². The van der Waals surface area contributed by atoms with Crippen LogP contribution in [0.5, 0.6) is 5.75 Å². The SMILES string of the molecule is Cc1ccccc1OCC(O)CN1CCN(c2cccc(Cl)c2)CC1. The molecule has 134 valence electrons. The van der Waals surface area contributed by atoms with Gasteiger partial charge < -0.3 is 14.7 Å². The fourth-order valence-electron chi connectivity index (χ4n) is 3.12. The number of nitrogens with zero attached hydrogens (tertiary/aromatic N) is 2. The van der Waals surface area contributed by atoms with Crippen LogP contribution >= 0.6 is 11.6 Å². The Labute approximate surface area is 154 Å². The maximum atomic E-state index is 10.3. The smallest absolute Gasteiger partial charge is 0.122 e. The third-order valence-electron chi connectivity index (χ3n) is 4.54. The second-order valence-electron chi connectivity index (χ2n) is 6.50. The van der Waals surface area contributed by atoms with Crippen molar-refractivity contribution >= 4 is 17.3 Å². The van der Waals surface area contributed by atoms with Crippen molar-refractivity contribution < 1.29 is 9.84 Å². The van der Waals surface area contributed by atoms with E-state index in [1.165, 1.54) is 0 Å². The zero-order chi connectivity index (χ0) is 17.6. The molecule has 2 aromatic carbocycles. The lowest BCUT2D eigenvalue weighted by Gasteiger charge is -2.36. The highest BCUT2D eigenvalue weighted by Crippen LogP contribution is 2.21. The minimum absolute atomic E-state index is 0.319. The standard InChI is InChI=1S/C20H25ClN2O2/c1-16-5-2-3-8-20(16)25-15-19(24)14-22-9-11-23(12-10-22)18-7-4-6-17(21)13-18/h2-8,13,19,24H,9-12,14-15H2,1H3. The van der Waals surface area contributed by atoms with Crippen molar-refractivity contribution in [2.75, 3.05) is 44.2 Å². The lowest BCUT2D eigenvalue weighted by atomic mass is 10.2. The average Bonchev–Trinajstić information content (AvgIpc) is 2.62. The number of ether oxygens (including phenoxy) is 1. The first-order valence-electron chi connectivity index (χ1n) is 8.71. The monoisotopic (exact) mass is 360 g/mol. The molecule has 1 atom stereocenters. The van der Waals surface area contributed by atoms with Gasteiger partial charge in [0.1, 0.15) is 18.5 Å². The Morgan fingerprint density at radius 1 is 1.08 bits per heavy atom. The number of halogens is 1. The Balaban J connectivity index is 1.43. The molecule has 1 heterocycles. The van der Waals surface area contributed by atoms with E-state index in [0.717, 1.165) is 48.2 Å². The third-order valence-corrected chi connectivity index (χ3v) is 4.77. The van der Waals surface area contributed by atoms with Gasteiger partial charge in [0.25, 0.3) is 0 Å². The minimum Gasteiger partial charge on any atom is -0.491 e. The summed E-state index contributed by atoms with van der Waals surface area (Å²) in [6.45, 7) is 6.69. The predicted molar refractivity (Wildman–Crippen MR) is 103 cm³/mol. The van der Waals surface area contributed by atoms with Crippen LogP contribution in [-0.2, 0) is 0 Å². The Morgan fingerprint density at radius 3 is 2.56 bits per heavy atom. The van der Waals surface area contributed by atoms with Crippen molar-refractivity contribution in [3.63, 3.8) is 0 Å². The molecule has 2 aromatic rings. The maximum Gasteiger partial charge on any atom is 0.122 e. The summed E-state index contributed by atoms with van der Waals surface area (Å²) in [6.07, 6.45) is -0.489. The van der Waals surface area contributed by atoms with Gasteiger partial charge in [-0.25, -0.2) is 0 Å². The molecule has 4 nitrogen and oxygen atoms in total. The number of hydrogen-bond acceptors (Lipinski definition) is 4. The zero-order valence-corrected chi connectivity index (χ0v) is 15.3. The summed E-state index contributed by atoms with van der Waals surface area (Å²) >= 11 is 6.07. The van der Waals surface area contributed by atoms with E-state index < -0.39 is 6.10 Å². The highest BCUT2D eigenvalue weighted by molar-refractivity contribution is 6.30. The third kappa shape index (κ3) is 5.11. The van der Waals surface area contributed by atoms with Crippen LogP contribution in [-0.4, -0.2) is 55.4 Å². The van der Waals surface area contributed by atoms with Gasteiger partial charge in [-0.2, -0.15) is 0 Å². The van der Waals surface area contributed by atoms with Crippen molar-refractivity contribution in [2.24, 2.45) is 0 Å². The second kappa shape index (κ2) is 8.56. The van der Waals surface area contributed by atoms with E-state index in [1.807, 2.05) is 49.4 Å². The van der Waals surface area contributed by atoms with Gasteiger partial charge in [0.2, 0.25) is 0 Å². The number of aliphatic hydroxyl groups is 1. The van der Waals surface area contributed by atoms with Gasteiger partial charge in [0, 0.05) is 43.4 Å². The molecular weight excluding hydrogens is 336 g/mol. The van der Waals surface area contributed by atoms with Gasteiger partial charge in [-0.3, -0.25) is 4.90 Å². The van der Waals surface area contributed by atoms with Crippen molar-refractivity contribution in [1.82, 2.24) is 4.90 Å². The van der Waals surface area contributed by atoms with E-state index in [0.29, 0.717) is 13.2 Å². The Hall–Kier alpha value is -1.75. The van der Waals surface area contributed by atoms with Crippen LogP contribution in [0.25, 0.3) is 0 Å². The minimum atomic E-state index is -0.489. The number of para-hydroxylation sites is 1. The second-order valence-corrected chi connectivity index (χ2v) is 6.93. The molecule has 25 heavy (non-hydrogen) atoms. The predicted octanol–water partition coefficient (Wildman–Crippen LogP) is 3.21. The molecule has 5 heteroatoms. The van der Waals surface area contributed by atoms with Crippen molar-refractivity contribution in [3.8, 4) is 5.75 Å². The van der Waals surface area contributed by atoms with Gasteiger partial charge in [-0.1, -0.05) is 35.9 Å². The van der Waals surface area contributed by atoms with E-state index in [2.05, 4.69) is 15.9 Å². The summed E-state index contributed by atoms with van der Waals surface area (Å²) in [5.41, 5.74) is 2.25. The summed E-state index contributed by atoms with van der Waals surface area (Å²) in [6, 6.07) is 15.8. The normalized spacial score (nSPS) is 16.7. The highest BCUT2D eigenvalue weighted by atomic mass is 35.5. The molecule has 0 spiro atoms. The average molecular weight is 361 g/mol. The first-order chi connectivity index (χ1) is 12.1. The summed E-state index contributed by atoms with van der Waals surface area (Å²) in [5.74, 6) is 0.840. The molecular formula is C20H25ClN2O2. The van der Waals surface area contributed by atoms with E-state index in [1.54, 1.807) is 0 Å². The summed E-state index contributed by atoms with van der Waals surface area (Å²) < 4.78 is 5.74. The maximum absolute atomic E-state index is 10.3. The molecule has 0 saturated carbocycles. The molecule has 1 saturated heterocycles. The molecule has 1 N–H and O–H groups in total. The van der Waals surface area contributed by atoms with Crippen molar-refractivity contribution in [3.05, 3.63) is 59.1 Å². The van der Waals surface area contributed by atoms with E-state index >= 15 is 0 Å². The van der Waals surface area contributed by atoms with Crippen LogP contribution < -0.4 is 9.64 Å². The molecule has 0 amide bonds. The number of anilines is 1. The first-order valence-corrected chi connectivity index (χ1v) is 9.09. The highest BCUT2D eigenvalue weighted by Gasteiger charge is 2.20. The molecule has 0 radical (unpaired) electrons. The molecule has 1 fully saturated rings. The van der Waals surface area contributed by atoms with Crippen LogP contribution in [0.3, 0.4) is 0 Å². The van der Waals surface area contributed by atoms with Crippen LogP contribution in [0.2, 0.25) is 5.02 Å². The molecule has 1 aliphatic rings. The largest absolute Gasteiger partial charge is 0.491 e. The fraction of sp³-hybridized carbons (Fsp3) is 0.400. The number of aryl methyl sites for hydroxylation is 1. The van der Waals surface area contributed by atoms with E-state index in [-0.39, 0.29) is 0 Å². The van der Waals surface area contributed by atoms with Crippen LogP contribution in [0.1, 0.15) is 5.56 Å².